The van der Waals surface area contributed by atoms with Gasteiger partial charge in [0.25, 0.3) is 0 Å². The van der Waals surface area contributed by atoms with E-state index < -0.39 is 0 Å². The van der Waals surface area contributed by atoms with E-state index in [9.17, 15) is 0 Å². The molecule has 1 aliphatic carbocycles. The lowest BCUT2D eigenvalue weighted by molar-refractivity contribution is 0.665. The van der Waals surface area contributed by atoms with Gasteiger partial charge >= 0.3 is 0 Å². The number of fused-ring (bicyclic) bond motifs is 3. The van der Waals surface area contributed by atoms with E-state index in [4.69, 9.17) is 45.0 Å². The summed E-state index contributed by atoms with van der Waals surface area (Å²) >= 11 is 0. The van der Waals surface area contributed by atoms with Crippen molar-refractivity contribution in [3.8, 4) is 11.1 Å². The van der Waals surface area contributed by atoms with Crippen molar-refractivity contribution in [2.45, 2.75) is 19.3 Å². The number of benzene rings is 2. The van der Waals surface area contributed by atoms with Gasteiger partial charge in [-0.25, -0.2) is 0 Å². The van der Waals surface area contributed by atoms with E-state index >= 15 is 0 Å². The number of hydrogen-bond donors (Lipinski definition) is 1. The Bertz CT molecular complexity index is 796. The summed E-state index contributed by atoms with van der Waals surface area (Å²) < 4.78 is 0. The van der Waals surface area contributed by atoms with Crippen molar-refractivity contribution in [1.29, 1.82) is 0 Å². The molecule has 0 atom stereocenters. The lowest BCUT2D eigenvalue weighted by atomic mass is 9.66. The molecule has 2 aromatic rings. The fourth-order valence-corrected chi connectivity index (χ4v) is 3.27. The number of hydrogen-bond acceptors (Lipinski definition) is 1. The second-order valence-corrected chi connectivity index (χ2v) is 6.06. The largest absolute Gasteiger partial charge is 0.399 e. The van der Waals surface area contributed by atoms with Crippen LogP contribution in [0.4, 0.5) is 5.69 Å². The second-order valence-electron chi connectivity index (χ2n) is 6.06. The lowest BCUT2D eigenvalue weighted by Crippen LogP contribution is -2.43. The van der Waals surface area contributed by atoms with E-state index in [1.54, 1.807) is 6.07 Å². The number of anilines is 1. The predicted octanol–water partition coefficient (Wildman–Crippen LogP) is -2.46. The van der Waals surface area contributed by atoms with Crippen LogP contribution in [0.3, 0.4) is 0 Å². The van der Waals surface area contributed by atoms with Crippen molar-refractivity contribution in [3.05, 3.63) is 23.3 Å². The van der Waals surface area contributed by atoms with Crippen LogP contribution >= 0.6 is 0 Å². The molecule has 2 N–H and O–H groups in total. The number of nitrogen functional groups attached to an aromatic ring is 1. The van der Waals surface area contributed by atoms with Gasteiger partial charge in [-0.2, -0.15) is 0 Å². The van der Waals surface area contributed by atoms with Crippen LogP contribution in [0.1, 0.15) is 25.0 Å². The van der Waals surface area contributed by atoms with Gasteiger partial charge in [0, 0.05) is 11.1 Å². The normalized spacial score (nSPS) is 14.8. The second kappa shape index (κ2) is 4.28. The maximum absolute atomic E-state index is 6.21. The van der Waals surface area contributed by atoms with E-state index in [2.05, 4.69) is 13.8 Å². The fourth-order valence-electron chi connectivity index (χ4n) is 3.27. The quantitative estimate of drug-likeness (QED) is 0.412. The Labute approximate surface area is 132 Å². The average molecular weight is 258 g/mol. The SMILES string of the molecule is [B]c1cc2c(c([B])c1[B])C(C)(C)c1cc(N)c([B])c([B])c1-2. The van der Waals surface area contributed by atoms with Crippen LogP contribution in [-0.4, -0.2) is 39.2 Å². The number of nitrogens with two attached hydrogens (primary N) is 1. The highest BCUT2D eigenvalue weighted by Gasteiger charge is 2.38. The summed E-state index contributed by atoms with van der Waals surface area (Å²) in [6.45, 7) is 4.11. The zero-order chi connectivity index (χ0) is 15.7. The molecule has 0 amide bonds. The third kappa shape index (κ3) is 1.71. The molecule has 21 heavy (non-hydrogen) atoms. The molecule has 0 saturated carbocycles. The molecule has 0 fully saturated rings. The molecule has 0 aliphatic heterocycles. The van der Waals surface area contributed by atoms with E-state index in [0.717, 1.165) is 22.3 Å². The van der Waals surface area contributed by atoms with E-state index in [1.165, 1.54) is 0 Å². The van der Waals surface area contributed by atoms with Crippen molar-refractivity contribution < 1.29 is 0 Å². The number of rotatable bonds is 0. The summed E-state index contributed by atoms with van der Waals surface area (Å²) in [4.78, 5) is 0. The maximum Gasteiger partial charge on any atom is 0.115 e. The van der Waals surface area contributed by atoms with E-state index in [1.807, 2.05) is 6.07 Å². The molecule has 1 nitrogen and oxygen atoms in total. The monoisotopic (exact) mass is 259 g/mol. The first kappa shape index (κ1) is 14.5. The van der Waals surface area contributed by atoms with Crippen molar-refractivity contribution in [1.82, 2.24) is 0 Å². The van der Waals surface area contributed by atoms with Crippen molar-refractivity contribution >= 4 is 72.2 Å². The molecule has 0 bridgehead atoms. The van der Waals surface area contributed by atoms with E-state index in [0.29, 0.717) is 33.0 Å². The lowest BCUT2D eigenvalue weighted by Gasteiger charge is -2.26. The highest BCUT2D eigenvalue weighted by Crippen LogP contribution is 2.46. The molecule has 1 aliphatic rings. The maximum atomic E-state index is 6.21. The zero-order valence-electron chi connectivity index (χ0n) is 12.1. The minimum atomic E-state index is -0.369. The summed E-state index contributed by atoms with van der Waals surface area (Å²) in [5, 5.41) is 0. The van der Waals surface area contributed by atoms with Gasteiger partial charge in [0.2, 0.25) is 0 Å². The van der Waals surface area contributed by atoms with Crippen LogP contribution < -0.4 is 33.0 Å². The van der Waals surface area contributed by atoms with Crippen molar-refractivity contribution in [3.63, 3.8) is 0 Å². The van der Waals surface area contributed by atoms with Crippen LogP contribution in [0.15, 0.2) is 12.1 Å². The molecule has 10 radical (unpaired) electrons. The van der Waals surface area contributed by atoms with Crippen molar-refractivity contribution in [2.75, 3.05) is 5.73 Å². The summed E-state index contributed by atoms with van der Waals surface area (Å²) in [5.74, 6) is 0. The Morgan fingerprint density at radius 2 is 1.48 bits per heavy atom. The molecule has 0 unspecified atom stereocenters. The third-order valence-electron chi connectivity index (χ3n) is 4.45. The molecule has 0 heterocycles. The van der Waals surface area contributed by atoms with Crippen LogP contribution in [-0.2, 0) is 5.41 Å². The van der Waals surface area contributed by atoms with E-state index in [-0.39, 0.29) is 5.41 Å². The Kier molecular flexibility index (Phi) is 2.96. The molecule has 3 rings (SSSR count). The van der Waals surface area contributed by atoms with Crippen LogP contribution in [0.25, 0.3) is 11.1 Å². The van der Waals surface area contributed by atoms with Gasteiger partial charge in [-0.1, -0.05) is 36.3 Å². The van der Waals surface area contributed by atoms with Crippen LogP contribution in [0, 0.1) is 0 Å². The third-order valence-corrected chi connectivity index (χ3v) is 4.45. The van der Waals surface area contributed by atoms with Gasteiger partial charge in [0.05, 0.1) is 0 Å². The summed E-state index contributed by atoms with van der Waals surface area (Å²) in [5.41, 5.74) is 11.8. The first-order chi connectivity index (χ1) is 9.67. The molecule has 90 valence electrons. The minimum absolute atomic E-state index is 0.369. The standard InChI is InChI=1S/C15H10B5N/c1-15(2)6-4-8(21)12(18)13(19)9(6)5-3-7(16)11(17)14(20)10(5)15/h3-4H,21H2,1-2H3. The summed E-state index contributed by atoms with van der Waals surface area (Å²) in [6, 6.07) is 3.66. The van der Waals surface area contributed by atoms with Gasteiger partial charge in [0.1, 0.15) is 39.2 Å². The smallest absolute Gasteiger partial charge is 0.115 e. The van der Waals surface area contributed by atoms with Gasteiger partial charge in [-0.05, 0) is 28.3 Å². The zero-order valence-corrected chi connectivity index (χ0v) is 12.1. The predicted molar refractivity (Wildman–Crippen MR) is 95.4 cm³/mol. The highest BCUT2D eigenvalue weighted by atomic mass is 14.6. The Morgan fingerprint density at radius 3 is 2.10 bits per heavy atom. The molecule has 2 aromatic carbocycles. The molecule has 6 heteroatoms. The first-order valence-corrected chi connectivity index (χ1v) is 6.64. The van der Waals surface area contributed by atoms with Crippen LogP contribution in [0.5, 0.6) is 0 Å². The first-order valence-electron chi connectivity index (χ1n) is 6.64. The minimum Gasteiger partial charge on any atom is -0.399 e. The molecule has 0 spiro atoms. The molecular weight excluding hydrogens is 248 g/mol. The Hall–Kier alpha value is -1.44. The van der Waals surface area contributed by atoms with Gasteiger partial charge < -0.3 is 5.73 Å². The highest BCUT2D eigenvalue weighted by molar-refractivity contribution is 6.58. The van der Waals surface area contributed by atoms with Gasteiger partial charge in [-0.15, -0.1) is 10.9 Å². The van der Waals surface area contributed by atoms with Gasteiger partial charge in [-0.3, -0.25) is 0 Å². The summed E-state index contributed by atoms with van der Waals surface area (Å²) in [6.07, 6.45) is 0. The molecule has 0 aromatic heterocycles. The molecule has 0 saturated heterocycles. The topological polar surface area (TPSA) is 26.0 Å². The van der Waals surface area contributed by atoms with Crippen molar-refractivity contribution in [2.24, 2.45) is 0 Å². The van der Waals surface area contributed by atoms with Crippen LogP contribution in [0.2, 0.25) is 0 Å². The Morgan fingerprint density at radius 1 is 0.857 bits per heavy atom. The van der Waals surface area contributed by atoms with Gasteiger partial charge in [0.15, 0.2) is 0 Å². The summed E-state index contributed by atoms with van der Waals surface area (Å²) in [7, 11) is 30.3. The molecular formula is C15H10B5N. The average Bonchev–Trinajstić information content (AvgIpc) is 2.61. The fraction of sp³-hybridized carbons (Fsp3) is 0.200. The Balaban J connectivity index is 2.52.